The number of hydrogen-bond acceptors (Lipinski definition) is 3. The minimum Gasteiger partial charge on any atom is -0.354 e. The molecule has 4 heteroatoms. The summed E-state index contributed by atoms with van der Waals surface area (Å²) >= 11 is 0. The van der Waals surface area contributed by atoms with Crippen molar-refractivity contribution in [2.75, 3.05) is 32.7 Å². The summed E-state index contributed by atoms with van der Waals surface area (Å²) in [5, 5.41) is 6.72. The highest BCUT2D eigenvalue weighted by Gasteiger charge is 2.49. The maximum atomic E-state index is 12.8. The van der Waals surface area contributed by atoms with Crippen LogP contribution in [0.15, 0.2) is 0 Å². The highest BCUT2D eigenvalue weighted by Crippen LogP contribution is 2.43. The zero-order chi connectivity index (χ0) is 14.7. The quantitative estimate of drug-likeness (QED) is 0.830. The van der Waals surface area contributed by atoms with E-state index < -0.39 is 0 Å². The summed E-state index contributed by atoms with van der Waals surface area (Å²) in [5.74, 6) is 0.891. The molecule has 1 aliphatic carbocycles. The molecule has 0 aromatic carbocycles. The van der Waals surface area contributed by atoms with E-state index >= 15 is 0 Å². The molecule has 3 atom stereocenters. The lowest BCUT2D eigenvalue weighted by molar-refractivity contribution is -0.134. The lowest BCUT2D eigenvalue weighted by Gasteiger charge is -2.38. The second-order valence-electron chi connectivity index (χ2n) is 7.37. The Kier molecular flexibility index (Phi) is 4.85. The van der Waals surface area contributed by atoms with E-state index in [1.807, 2.05) is 0 Å². The number of hydrogen-bond donors (Lipinski definition) is 2. The molecule has 4 nitrogen and oxygen atoms in total. The van der Waals surface area contributed by atoms with Gasteiger partial charge in [0.05, 0.1) is 5.41 Å². The Morgan fingerprint density at radius 3 is 3.00 bits per heavy atom. The van der Waals surface area contributed by atoms with Gasteiger partial charge in [-0.15, -0.1) is 0 Å². The third kappa shape index (κ3) is 3.11. The molecule has 2 saturated heterocycles. The van der Waals surface area contributed by atoms with Crippen molar-refractivity contribution in [3.63, 3.8) is 0 Å². The van der Waals surface area contributed by atoms with Crippen molar-refractivity contribution >= 4 is 5.91 Å². The SMILES string of the molecule is CC1CCCCN1CCNC(=O)[C@@]12CCCC[C@H]1CNC2. The van der Waals surface area contributed by atoms with E-state index in [1.54, 1.807) is 0 Å². The molecule has 0 radical (unpaired) electrons. The van der Waals surface area contributed by atoms with Crippen LogP contribution in [0.2, 0.25) is 0 Å². The number of likely N-dealkylation sites (tertiary alicyclic amines) is 1. The van der Waals surface area contributed by atoms with Crippen LogP contribution in [0.3, 0.4) is 0 Å². The first kappa shape index (κ1) is 15.3. The summed E-state index contributed by atoms with van der Waals surface area (Å²) in [7, 11) is 0. The average Bonchev–Trinajstić information content (AvgIpc) is 2.94. The van der Waals surface area contributed by atoms with Gasteiger partial charge < -0.3 is 10.6 Å². The van der Waals surface area contributed by atoms with Gasteiger partial charge in [0.15, 0.2) is 0 Å². The Bertz CT molecular complexity index is 373. The van der Waals surface area contributed by atoms with Gasteiger partial charge in [-0.2, -0.15) is 0 Å². The Hall–Kier alpha value is -0.610. The number of piperidine rings is 1. The van der Waals surface area contributed by atoms with E-state index in [9.17, 15) is 4.79 Å². The Morgan fingerprint density at radius 1 is 1.29 bits per heavy atom. The van der Waals surface area contributed by atoms with Crippen molar-refractivity contribution in [1.29, 1.82) is 0 Å². The predicted octanol–water partition coefficient (Wildman–Crippen LogP) is 1.76. The smallest absolute Gasteiger partial charge is 0.227 e. The van der Waals surface area contributed by atoms with E-state index in [2.05, 4.69) is 22.5 Å². The highest BCUT2D eigenvalue weighted by atomic mass is 16.2. The first-order chi connectivity index (χ1) is 10.2. The molecule has 2 aliphatic heterocycles. The minimum atomic E-state index is -0.0915. The predicted molar refractivity (Wildman–Crippen MR) is 85.2 cm³/mol. The molecule has 1 amide bonds. The van der Waals surface area contributed by atoms with Crippen molar-refractivity contribution in [3.05, 3.63) is 0 Å². The number of fused-ring (bicyclic) bond motifs is 1. The van der Waals surface area contributed by atoms with E-state index in [0.29, 0.717) is 17.9 Å². The number of carbonyl (C=O) groups excluding carboxylic acids is 1. The topological polar surface area (TPSA) is 44.4 Å². The van der Waals surface area contributed by atoms with Gasteiger partial charge in [-0.25, -0.2) is 0 Å². The fraction of sp³-hybridized carbons (Fsp3) is 0.941. The number of amides is 1. The normalized spacial score (nSPS) is 37.2. The van der Waals surface area contributed by atoms with Crippen LogP contribution in [-0.2, 0) is 4.79 Å². The average molecular weight is 293 g/mol. The summed E-state index contributed by atoms with van der Waals surface area (Å²) in [6.07, 6.45) is 8.81. The van der Waals surface area contributed by atoms with Crippen LogP contribution < -0.4 is 10.6 Å². The number of rotatable bonds is 4. The molecule has 1 unspecified atom stereocenters. The molecular formula is C17H31N3O. The number of nitrogens with zero attached hydrogens (tertiary/aromatic N) is 1. The third-order valence-corrected chi connectivity index (χ3v) is 6.12. The molecule has 0 aromatic heterocycles. The minimum absolute atomic E-state index is 0.0915. The molecule has 0 aromatic rings. The van der Waals surface area contributed by atoms with Crippen molar-refractivity contribution in [2.24, 2.45) is 11.3 Å². The monoisotopic (exact) mass is 293 g/mol. The van der Waals surface area contributed by atoms with E-state index in [4.69, 9.17) is 0 Å². The van der Waals surface area contributed by atoms with Gasteiger partial charge in [-0.1, -0.05) is 19.3 Å². The summed E-state index contributed by atoms with van der Waals surface area (Å²) in [5.41, 5.74) is -0.0915. The molecule has 0 bridgehead atoms. The van der Waals surface area contributed by atoms with E-state index in [1.165, 1.54) is 45.1 Å². The highest BCUT2D eigenvalue weighted by molar-refractivity contribution is 5.83. The van der Waals surface area contributed by atoms with Gasteiger partial charge in [-0.3, -0.25) is 9.69 Å². The van der Waals surface area contributed by atoms with Crippen molar-refractivity contribution < 1.29 is 4.79 Å². The summed E-state index contributed by atoms with van der Waals surface area (Å²) in [6, 6.07) is 0.685. The summed E-state index contributed by atoms with van der Waals surface area (Å²) in [6.45, 7) is 7.28. The van der Waals surface area contributed by atoms with Crippen molar-refractivity contribution in [2.45, 2.75) is 57.9 Å². The molecule has 3 aliphatic rings. The van der Waals surface area contributed by atoms with Crippen molar-refractivity contribution in [1.82, 2.24) is 15.5 Å². The van der Waals surface area contributed by atoms with Gasteiger partial charge in [0.25, 0.3) is 0 Å². The van der Waals surface area contributed by atoms with Crippen LogP contribution in [0.4, 0.5) is 0 Å². The van der Waals surface area contributed by atoms with Crippen LogP contribution in [0.5, 0.6) is 0 Å². The Balaban J connectivity index is 1.49. The molecule has 3 fully saturated rings. The van der Waals surface area contributed by atoms with Gasteiger partial charge >= 0.3 is 0 Å². The first-order valence-electron chi connectivity index (χ1n) is 8.95. The fourth-order valence-corrected chi connectivity index (χ4v) is 4.67. The van der Waals surface area contributed by atoms with E-state index in [0.717, 1.165) is 32.6 Å². The van der Waals surface area contributed by atoms with Gasteiger partial charge in [0, 0.05) is 25.7 Å². The fourth-order valence-electron chi connectivity index (χ4n) is 4.67. The molecular weight excluding hydrogens is 262 g/mol. The largest absolute Gasteiger partial charge is 0.354 e. The van der Waals surface area contributed by atoms with Crippen molar-refractivity contribution in [3.8, 4) is 0 Å². The van der Waals surface area contributed by atoms with E-state index in [-0.39, 0.29) is 5.41 Å². The summed E-state index contributed by atoms with van der Waals surface area (Å²) < 4.78 is 0. The molecule has 21 heavy (non-hydrogen) atoms. The summed E-state index contributed by atoms with van der Waals surface area (Å²) in [4.78, 5) is 15.3. The Labute approximate surface area is 129 Å². The zero-order valence-electron chi connectivity index (χ0n) is 13.5. The molecule has 1 saturated carbocycles. The molecule has 2 heterocycles. The Morgan fingerprint density at radius 2 is 2.14 bits per heavy atom. The number of nitrogens with one attached hydrogen (secondary N) is 2. The lowest BCUT2D eigenvalue weighted by Crippen LogP contribution is -2.50. The molecule has 120 valence electrons. The third-order valence-electron chi connectivity index (χ3n) is 6.12. The lowest BCUT2D eigenvalue weighted by atomic mass is 9.67. The van der Waals surface area contributed by atoms with Gasteiger partial charge in [0.2, 0.25) is 5.91 Å². The second-order valence-corrected chi connectivity index (χ2v) is 7.37. The molecule has 3 rings (SSSR count). The first-order valence-corrected chi connectivity index (χ1v) is 8.95. The second kappa shape index (κ2) is 6.66. The van der Waals surface area contributed by atoms with Crippen LogP contribution in [0.1, 0.15) is 51.9 Å². The maximum absolute atomic E-state index is 12.8. The standard InChI is InChI=1S/C17H31N3O/c1-14-6-3-5-10-20(14)11-9-19-16(21)17-8-4-2-7-15(17)12-18-13-17/h14-15,18H,2-13H2,1H3,(H,19,21)/t14?,15-,17+/m0/s1. The van der Waals surface area contributed by atoms with Crippen LogP contribution >= 0.6 is 0 Å². The van der Waals surface area contributed by atoms with Crippen LogP contribution in [-0.4, -0.2) is 49.6 Å². The van der Waals surface area contributed by atoms with Crippen LogP contribution in [0, 0.1) is 11.3 Å². The molecule has 0 spiro atoms. The maximum Gasteiger partial charge on any atom is 0.227 e. The van der Waals surface area contributed by atoms with Gasteiger partial charge in [0.1, 0.15) is 0 Å². The van der Waals surface area contributed by atoms with Crippen LogP contribution in [0.25, 0.3) is 0 Å². The number of carbonyl (C=O) groups is 1. The zero-order valence-corrected chi connectivity index (χ0v) is 13.5. The molecule has 2 N–H and O–H groups in total. The van der Waals surface area contributed by atoms with Gasteiger partial charge in [-0.05, 0) is 51.6 Å².